The summed E-state index contributed by atoms with van der Waals surface area (Å²) in [6.45, 7) is 11.7. The summed E-state index contributed by atoms with van der Waals surface area (Å²) in [6.07, 6.45) is -0.478. The van der Waals surface area contributed by atoms with Crippen LogP contribution < -0.4 is 5.32 Å². The lowest BCUT2D eigenvalue weighted by Gasteiger charge is -2.22. The lowest BCUT2D eigenvalue weighted by molar-refractivity contribution is 0.0534. The monoisotopic (exact) mass is 263 g/mol. The van der Waals surface area contributed by atoms with Crippen LogP contribution in [0.2, 0.25) is 19.6 Å². The maximum absolute atomic E-state index is 11.3. The molecule has 0 saturated heterocycles. The van der Waals surface area contributed by atoms with Gasteiger partial charge in [-0.2, -0.15) is 0 Å². The maximum atomic E-state index is 11.3. The number of carbonyl (C=O) groups excluding carboxylic acids is 1. The molecule has 0 heterocycles. The van der Waals surface area contributed by atoms with E-state index in [9.17, 15) is 4.79 Å². The van der Waals surface area contributed by atoms with E-state index in [1.165, 1.54) is 0 Å². The zero-order valence-corrected chi connectivity index (χ0v) is 12.7. The molecule has 0 saturated carbocycles. The number of alkyl carbamates (subject to hydrolysis) is 1. The number of rotatable bonds is 3. The molecule has 6 heteroatoms. The molecule has 1 N–H and O–H groups in total. The SMILES string of the molecule is CC(C)(C)OC(=O)NCC(=S)O[Si](C)(C)C. The Hall–Kier alpha value is -0.623. The number of hydrogen-bond acceptors (Lipinski definition) is 4. The molecule has 0 aromatic rings. The number of hydrogen-bond donors (Lipinski definition) is 1. The summed E-state index contributed by atoms with van der Waals surface area (Å²) in [7, 11) is -1.67. The molecule has 0 bridgehead atoms. The van der Waals surface area contributed by atoms with Crippen LogP contribution in [0.1, 0.15) is 20.8 Å². The second kappa shape index (κ2) is 5.63. The third kappa shape index (κ3) is 9.91. The molecule has 0 rings (SSSR count). The van der Waals surface area contributed by atoms with Gasteiger partial charge in [0, 0.05) is 0 Å². The van der Waals surface area contributed by atoms with E-state index in [-0.39, 0.29) is 6.54 Å². The molecule has 0 aliphatic heterocycles. The smallest absolute Gasteiger partial charge is 0.408 e. The fourth-order valence-electron chi connectivity index (χ4n) is 0.836. The van der Waals surface area contributed by atoms with Crippen molar-refractivity contribution in [1.29, 1.82) is 0 Å². The van der Waals surface area contributed by atoms with Crippen LogP contribution in [0, 0.1) is 0 Å². The Kier molecular flexibility index (Phi) is 5.41. The van der Waals surface area contributed by atoms with Crippen molar-refractivity contribution in [3.8, 4) is 0 Å². The van der Waals surface area contributed by atoms with Crippen LogP contribution in [0.15, 0.2) is 0 Å². The van der Waals surface area contributed by atoms with Crippen LogP contribution >= 0.6 is 12.2 Å². The van der Waals surface area contributed by atoms with Gasteiger partial charge in [-0.25, -0.2) is 4.79 Å². The molecule has 0 aliphatic carbocycles. The Labute approximate surface area is 104 Å². The summed E-state index contributed by atoms with van der Waals surface area (Å²) >= 11 is 5.00. The lowest BCUT2D eigenvalue weighted by Crippen LogP contribution is -2.38. The molecule has 0 spiro atoms. The largest absolute Gasteiger partial charge is 0.539 e. The lowest BCUT2D eigenvalue weighted by atomic mass is 10.2. The Balaban J connectivity index is 3.90. The Morgan fingerprint density at radius 1 is 1.31 bits per heavy atom. The number of carbonyl (C=O) groups is 1. The first-order chi connectivity index (χ1) is 6.99. The average Bonchev–Trinajstić information content (AvgIpc) is 1.94. The summed E-state index contributed by atoms with van der Waals surface area (Å²) < 4.78 is 10.6. The molecule has 4 nitrogen and oxygen atoms in total. The van der Waals surface area contributed by atoms with Crippen LogP contribution in [0.25, 0.3) is 0 Å². The van der Waals surface area contributed by atoms with Gasteiger partial charge in [0.1, 0.15) is 5.60 Å². The summed E-state index contributed by atoms with van der Waals surface area (Å²) in [4.78, 5) is 11.3. The van der Waals surface area contributed by atoms with Gasteiger partial charge in [-0.1, -0.05) is 0 Å². The Morgan fingerprint density at radius 2 is 1.81 bits per heavy atom. The van der Waals surface area contributed by atoms with E-state index in [0.717, 1.165) is 0 Å². The van der Waals surface area contributed by atoms with E-state index >= 15 is 0 Å². The summed E-state index contributed by atoms with van der Waals surface area (Å²) in [5.74, 6) is 0. The molecule has 0 aromatic carbocycles. The van der Waals surface area contributed by atoms with Gasteiger partial charge < -0.3 is 14.5 Å². The molecular formula is C10H21NO3SSi. The minimum atomic E-state index is -1.67. The Bertz CT molecular complexity index is 240. The van der Waals surface area contributed by atoms with Crippen LogP contribution in [0.4, 0.5) is 4.79 Å². The van der Waals surface area contributed by atoms with Crippen molar-refractivity contribution in [2.24, 2.45) is 0 Å². The highest BCUT2D eigenvalue weighted by molar-refractivity contribution is 7.80. The first-order valence-corrected chi connectivity index (χ1v) is 9.00. The van der Waals surface area contributed by atoms with E-state index < -0.39 is 20.0 Å². The van der Waals surface area contributed by atoms with Gasteiger partial charge in [0.2, 0.25) is 8.32 Å². The second-order valence-corrected chi connectivity index (χ2v) is 10.3. The van der Waals surface area contributed by atoms with Crippen LogP contribution in [0.3, 0.4) is 0 Å². The molecule has 0 atom stereocenters. The van der Waals surface area contributed by atoms with Crippen LogP contribution in [-0.2, 0) is 9.16 Å². The van der Waals surface area contributed by atoms with Crippen molar-refractivity contribution in [2.75, 3.05) is 6.54 Å². The highest BCUT2D eigenvalue weighted by atomic mass is 32.1. The molecule has 0 fully saturated rings. The zero-order valence-electron chi connectivity index (χ0n) is 10.8. The van der Waals surface area contributed by atoms with E-state index in [4.69, 9.17) is 21.4 Å². The van der Waals surface area contributed by atoms with E-state index in [0.29, 0.717) is 5.05 Å². The van der Waals surface area contributed by atoms with E-state index in [2.05, 4.69) is 5.32 Å². The molecule has 0 radical (unpaired) electrons. The van der Waals surface area contributed by atoms with Crippen molar-refractivity contribution in [1.82, 2.24) is 5.32 Å². The first-order valence-electron chi connectivity index (χ1n) is 5.18. The third-order valence-electron chi connectivity index (χ3n) is 1.20. The zero-order chi connectivity index (χ0) is 13.0. The van der Waals surface area contributed by atoms with Gasteiger partial charge in [-0.3, -0.25) is 0 Å². The summed E-state index contributed by atoms with van der Waals surface area (Å²) in [6, 6.07) is 0. The molecule has 16 heavy (non-hydrogen) atoms. The predicted octanol–water partition coefficient (Wildman–Crippen LogP) is 2.69. The standard InChI is InChI=1S/C10H21NO3SSi/c1-10(2,3)13-9(12)11-7-8(15)14-16(4,5)6/h7H2,1-6H3,(H,11,12). The van der Waals surface area contributed by atoms with Crippen LogP contribution in [0.5, 0.6) is 0 Å². The van der Waals surface area contributed by atoms with Crippen LogP contribution in [-0.4, -0.2) is 31.6 Å². The maximum Gasteiger partial charge on any atom is 0.408 e. The number of nitrogens with one attached hydrogen (secondary N) is 1. The highest BCUT2D eigenvalue weighted by Crippen LogP contribution is 2.07. The predicted molar refractivity (Wildman–Crippen MR) is 71.3 cm³/mol. The van der Waals surface area contributed by atoms with Gasteiger partial charge in [-0.05, 0) is 52.6 Å². The second-order valence-electron chi connectivity index (χ2n) is 5.44. The van der Waals surface area contributed by atoms with Gasteiger partial charge >= 0.3 is 6.09 Å². The van der Waals surface area contributed by atoms with Gasteiger partial charge in [0.05, 0.1) is 6.54 Å². The van der Waals surface area contributed by atoms with E-state index in [1.807, 2.05) is 40.4 Å². The first kappa shape index (κ1) is 15.4. The third-order valence-corrected chi connectivity index (χ3v) is 2.43. The summed E-state index contributed by atoms with van der Waals surface area (Å²) in [5.41, 5.74) is -0.495. The average molecular weight is 263 g/mol. The number of amides is 1. The van der Waals surface area contributed by atoms with Gasteiger partial charge in [0.15, 0.2) is 5.05 Å². The van der Waals surface area contributed by atoms with Gasteiger partial charge in [-0.15, -0.1) is 0 Å². The van der Waals surface area contributed by atoms with Crippen molar-refractivity contribution in [2.45, 2.75) is 46.0 Å². The summed E-state index contributed by atoms with van der Waals surface area (Å²) in [5, 5.41) is 2.96. The molecule has 0 aromatic heterocycles. The molecule has 1 amide bonds. The van der Waals surface area contributed by atoms with E-state index in [1.54, 1.807) is 0 Å². The molecule has 0 unspecified atom stereocenters. The normalized spacial score (nSPS) is 11.9. The molecular weight excluding hydrogens is 242 g/mol. The van der Waals surface area contributed by atoms with Crippen molar-refractivity contribution in [3.05, 3.63) is 0 Å². The van der Waals surface area contributed by atoms with Gasteiger partial charge in [0.25, 0.3) is 0 Å². The highest BCUT2D eigenvalue weighted by Gasteiger charge is 2.19. The van der Waals surface area contributed by atoms with Crippen molar-refractivity contribution >= 4 is 31.7 Å². The molecule has 94 valence electrons. The quantitative estimate of drug-likeness (QED) is 0.628. The Morgan fingerprint density at radius 3 is 2.19 bits per heavy atom. The minimum absolute atomic E-state index is 0.217. The topological polar surface area (TPSA) is 47.6 Å². The molecule has 0 aliphatic rings. The van der Waals surface area contributed by atoms with Crippen molar-refractivity contribution in [3.63, 3.8) is 0 Å². The minimum Gasteiger partial charge on any atom is -0.539 e. The fraction of sp³-hybridized carbons (Fsp3) is 0.800. The fourth-order valence-corrected chi connectivity index (χ4v) is 2.41. The van der Waals surface area contributed by atoms with Crippen molar-refractivity contribution < 1.29 is 14.0 Å². The number of thiocarbonyl (C=S) groups is 1. The number of ether oxygens (including phenoxy) is 1.